The highest BCUT2D eigenvalue weighted by Crippen LogP contribution is 2.06. The summed E-state index contributed by atoms with van der Waals surface area (Å²) in [4.78, 5) is 27.2. The quantitative estimate of drug-likeness (QED) is 0.475. The van der Waals surface area contributed by atoms with E-state index in [2.05, 4.69) is 4.98 Å². The number of aromatic nitrogens is 2. The van der Waals surface area contributed by atoms with E-state index in [4.69, 9.17) is 5.21 Å². The van der Waals surface area contributed by atoms with E-state index in [0.717, 1.165) is 12.8 Å². The topological polar surface area (TPSA) is 84.2 Å². The number of hydrogen-bond donors (Lipinski definition) is 2. The molecule has 1 heterocycles. The summed E-state index contributed by atoms with van der Waals surface area (Å²) in [5, 5.41) is 8.97. The van der Waals surface area contributed by atoms with Crippen LogP contribution in [-0.2, 0) is 11.3 Å². The van der Waals surface area contributed by atoms with Crippen LogP contribution < -0.4 is 11.0 Å². The lowest BCUT2D eigenvalue weighted by Crippen LogP contribution is -2.21. The lowest BCUT2D eigenvalue weighted by Gasteiger charge is -2.06. The Kier molecular flexibility index (Phi) is 4.84. The van der Waals surface area contributed by atoms with Gasteiger partial charge in [-0.2, -0.15) is 0 Å². The first-order valence-electron chi connectivity index (χ1n) is 6.59. The Morgan fingerprint density at radius 3 is 2.85 bits per heavy atom. The molecule has 0 bridgehead atoms. The van der Waals surface area contributed by atoms with Crippen molar-refractivity contribution in [3.05, 3.63) is 40.9 Å². The number of para-hydroxylation sites is 1. The maximum absolute atomic E-state index is 12.2. The van der Waals surface area contributed by atoms with E-state index >= 15 is 0 Å². The van der Waals surface area contributed by atoms with E-state index in [-0.39, 0.29) is 11.5 Å². The fraction of sp³-hybridized carbons (Fsp3) is 0.357. The monoisotopic (exact) mass is 275 g/mol. The zero-order chi connectivity index (χ0) is 14.4. The number of unbranched alkanes of at least 4 members (excludes halogenated alkanes) is 2. The SMILES string of the molecule is O=C(CCCCCn1cnc2ccccc2c1=O)NO. The summed E-state index contributed by atoms with van der Waals surface area (Å²) in [5.74, 6) is -0.380. The molecule has 2 aromatic rings. The average molecular weight is 275 g/mol. The highest BCUT2D eigenvalue weighted by molar-refractivity contribution is 5.76. The number of fused-ring (bicyclic) bond motifs is 1. The second-order valence-electron chi connectivity index (χ2n) is 4.61. The highest BCUT2D eigenvalue weighted by Gasteiger charge is 2.03. The molecule has 0 aliphatic heterocycles. The minimum absolute atomic E-state index is 0.0382. The van der Waals surface area contributed by atoms with Gasteiger partial charge in [0.2, 0.25) is 5.91 Å². The number of aryl methyl sites for hydroxylation is 1. The molecular weight excluding hydrogens is 258 g/mol. The van der Waals surface area contributed by atoms with E-state index in [9.17, 15) is 9.59 Å². The van der Waals surface area contributed by atoms with Crippen molar-refractivity contribution in [2.75, 3.05) is 0 Å². The van der Waals surface area contributed by atoms with Crippen LogP contribution in [0.5, 0.6) is 0 Å². The van der Waals surface area contributed by atoms with Gasteiger partial charge in [0.15, 0.2) is 0 Å². The van der Waals surface area contributed by atoms with Crippen LogP contribution in [0, 0.1) is 0 Å². The predicted molar refractivity (Wildman–Crippen MR) is 74.4 cm³/mol. The molecule has 1 aromatic heterocycles. The third-order valence-electron chi connectivity index (χ3n) is 3.16. The first-order valence-corrected chi connectivity index (χ1v) is 6.59. The second kappa shape index (κ2) is 6.81. The standard InChI is InChI=1S/C14H17N3O3/c18-13(16-20)8-2-1-5-9-17-10-15-12-7-4-3-6-11(12)14(17)19/h3-4,6-7,10,20H,1-2,5,8-9H2,(H,16,18). The summed E-state index contributed by atoms with van der Waals surface area (Å²) in [7, 11) is 0. The Balaban J connectivity index is 1.92. The molecular formula is C14H17N3O3. The number of hydroxylamine groups is 1. The molecule has 0 saturated carbocycles. The largest absolute Gasteiger partial charge is 0.299 e. The Bertz CT molecular complexity index is 651. The highest BCUT2D eigenvalue weighted by atomic mass is 16.5. The van der Waals surface area contributed by atoms with Gasteiger partial charge in [-0.3, -0.25) is 19.4 Å². The van der Waals surface area contributed by atoms with Gasteiger partial charge in [0, 0.05) is 13.0 Å². The van der Waals surface area contributed by atoms with Crippen LogP contribution in [0.4, 0.5) is 0 Å². The lowest BCUT2D eigenvalue weighted by molar-refractivity contribution is -0.129. The molecule has 0 atom stereocenters. The van der Waals surface area contributed by atoms with Gasteiger partial charge in [-0.15, -0.1) is 0 Å². The number of hydrogen-bond acceptors (Lipinski definition) is 4. The summed E-state index contributed by atoms with van der Waals surface area (Å²) in [6.45, 7) is 0.581. The van der Waals surface area contributed by atoms with Gasteiger partial charge in [0.1, 0.15) is 0 Å². The van der Waals surface area contributed by atoms with Crippen molar-refractivity contribution < 1.29 is 10.0 Å². The van der Waals surface area contributed by atoms with Crippen LogP contribution in [-0.4, -0.2) is 20.7 Å². The molecule has 0 saturated heterocycles. The van der Waals surface area contributed by atoms with Crippen molar-refractivity contribution in [3.63, 3.8) is 0 Å². The van der Waals surface area contributed by atoms with Crippen LogP contribution in [0.25, 0.3) is 10.9 Å². The zero-order valence-electron chi connectivity index (χ0n) is 11.1. The molecule has 1 amide bonds. The molecule has 0 fully saturated rings. The summed E-state index contributed by atoms with van der Waals surface area (Å²) in [6.07, 6.45) is 4.14. The molecule has 6 heteroatoms. The molecule has 0 spiro atoms. The second-order valence-corrected chi connectivity index (χ2v) is 4.61. The van der Waals surface area contributed by atoms with E-state index < -0.39 is 0 Å². The first-order chi connectivity index (χ1) is 9.72. The van der Waals surface area contributed by atoms with Crippen molar-refractivity contribution in [2.45, 2.75) is 32.2 Å². The van der Waals surface area contributed by atoms with Crippen LogP contribution in [0.15, 0.2) is 35.4 Å². The number of nitrogens with zero attached hydrogens (tertiary/aromatic N) is 2. The summed E-state index contributed by atoms with van der Waals surface area (Å²) in [5.41, 5.74) is 2.26. The predicted octanol–water partition coefficient (Wildman–Crippen LogP) is 1.46. The van der Waals surface area contributed by atoms with Crippen molar-refractivity contribution in [1.29, 1.82) is 0 Å². The first kappa shape index (κ1) is 14.2. The Morgan fingerprint density at radius 1 is 1.25 bits per heavy atom. The van der Waals surface area contributed by atoms with Crippen LogP contribution >= 0.6 is 0 Å². The number of benzene rings is 1. The van der Waals surface area contributed by atoms with E-state index in [1.165, 1.54) is 0 Å². The van der Waals surface area contributed by atoms with Crippen LogP contribution in [0.3, 0.4) is 0 Å². The Hall–Kier alpha value is -2.21. The number of rotatable bonds is 6. The lowest BCUT2D eigenvalue weighted by atomic mass is 10.2. The molecule has 6 nitrogen and oxygen atoms in total. The van der Waals surface area contributed by atoms with Crippen molar-refractivity contribution in [2.24, 2.45) is 0 Å². The number of amides is 1. The minimum atomic E-state index is -0.380. The van der Waals surface area contributed by atoms with Crippen LogP contribution in [0.2, 0.25) is 0 Å². The smallest absolute Gasteiger partial charge is 0.261 e. The summed E-state index contributed by atoms with van der Waals surface area (Å²) >= 11 is 0. The van der Waals surface area contributed by atoms with Gasteiger partial charge >= 0.3 is 0 Å². The molecule has 106 valence electrons. The third kappa shape index (κ3) is 3.42. The van der Waals surface area contributed by atoms with E-state index in [1.807, 2.05) is 18.2 Å². The fourth-order valence-electron chi connectivity index (χ4n) is 2.07. The molecule has 2 rings (SSSR count). The molecule has 0 aliphatic rings. The van der Waals surface area contributed by atoms with Gasteiger partial charge in [-0.05, 0) is 25.0 Å². The van der Waals surface area contributed by atoms with Gasteiger partial charge in [0.05, 0.1) is 17.2 Å². The molecule has 20 heavy (non-hydrogen) atoms. The van der Waals surface area contributed by atoms with Gasteiger partial charge < -0.3 is 0 Å². The normalized spacial score (nSPS) is 10.7. The van der Waals surface area contributed by atoms with Crippen molar-refractivity contribution in [3.8, 4) is 0 Å². The van der Waals surface area contributed by atoms with Gasteiger partial charge in [-0.1, -0.05) is 18.6 Å². The molecule has 0 unspecified atom stereocenters. The Labute approximate surface area is 116 Å². The van der Waals surface area contributed by atoms with E-state index in [0.29, 0.717) is 30.3 Å². The minimum Gasteiger partial charge on any atom is -0.299 e. The van der Waals surface area contributed by atoms with Gasteiger partial charge in [0.25, 0.3) is 5.56 Å². The summed E-state index contributed by atoms with van der Waals surface area (Å²) < 4.78 is 1.59. The summed E-state index contributed by atoms with van der Waals surface area (Å²) in [6, 6.07) is 7.26. The van der Waals surface area contributed by atoms with Crippen molar-refractivity contribution in [1.82, 2.24) is 15.0 Å². The Morgan fingerprint density at radius 2 is 2.05 bits per heavy atom. The maximum atomic E-state index is 12.2. The number of carbonyl (C=O) groups excluding carboxylic acids is 1. The van der Waals surface area contributed by atoms with E-state index in [1.54, 1.807) is 22.4 Å². The fourth-order valence-corrected chi connectivity index (χ4v) is 2.07. The zero-order valence-corrected chi connectivity index (χ0v) is 11.1. The third-order valence-corrected chi connectivity index (χ3v) is 3.16. The molecule has 0 radical (unpaired) electrons. The number of nitrogens with one attached hydrogen (secondary N) is 1. The van der Waals surface area contributed by atoms with Crippen molar-refractivity contribution >= 4 is 16.8 Å². The van der Waals surface area contributed by atoms with Gasteiger partial charge in [-0.25, -0.2) is 10.5 Å². The molecule has 1 aromatic carbocycles. The average Bonchev–Trinajstić information content (AvgIpc) is 2.49. The molecule has 2 N–H and O–H groups in total. The van der Waals surface area contributed by atoms with Crippen LogP contribution in [0.1, 0.15) is 25.7 Å². The number of carbonyl (C=O) groups is 1. The molecule has 0 aliphatic carbocycles. The maximum Gasteiger partial charge on any atom is 0.261 e.